The van der Waals surface area contributed by atoms with Crippen molar-refractivity contribution in [3.8, 4) is 90.5 Å². The van der Waals surface area contributed by atoms with Crippen molar-refractivity contribution < 1.29 is 78.2 Å². The zero-order valence-electron chi connectivity index (χ0n) is 55.1. The Labute approximate surface area is 602 Å². The lowest BCUT2D eigenvalue weighted by molar-refractivity contribution is -0.385. The van der Waals surface area contributed by atoms with Crippen molar-refractivity contribution in [1.29, 1.82) is 0 Å². The molecule has 4 aliphatic heterocycles. The van der Waals surface area contributed by atoms with Gasteiger partial charge in [0.1, 0.15) is 46.0 Å². The summed E-state index contributed by atoms with van der Waals surface area (Å²) in [6.07, 6.45) is 5.41. The number of nitro benzene ring substituents is 4. The molecule has 0 bridgehead atoms. The predicted octanol–water partition coefficient (Wildman–Crippen LogP) is 14.9. The second-order valence-corrected chi connectivity index (χ2v) is 23.5. The van der Waals surface area contributed by atoms with Gasteiger partial charge < -0.3 is 59.0 Å². The standard InChI is InChI=1S/C19H20N2O5.2C18H18N2O5.C17H16N2O5.4CH4/c1-25-16-9-8-14(12-20-10-4-7-17(20)22)19(26-2)18(16)13-5-3-6-15(11-13)21(23)24;1-25-15-8-7-13(11-19-9-3-6-16(19)21)18(22)17(15)12-4-2-5-14(10-12)20(23)24;1-25-18-13(11-19-9-3-6-16(19)22)7-8-15(21)17(18)12-4-2-5-14(10-12)20(23)24;20-14-7-6-12(10-18-8-2-5-15(18)21)17(22)16(14)11-3-1-4-13(9-11)19(23)24;;;;/h3,5-6,8-9,11H,4,7,10,12H2,1-2H3;2,4-5,7-8,10,22H,3,6,9,11H2,1H3;2,4-5,7-8,10,21H,3,6,9,11H2,1H3;1,3-4,6-7,9,20,22H,2,5,8,10H2;4*1H4. The van der Waals surface area contributed by atoms with Crippen LogP contribution in [0.1, 0.15) is 103 Å². The minimum absolute atomic E-state index is 0. The fraction of sp³-hybridized carbons (Fsp3) is 0.316. The zero-order valence-corrected chi connectivity index (χ0v) is 55.1. The summed E-state index contributed by atoms with van der Waals surface area (Å²) in [5, 5.41) is 85.8. The third-order valence-corrected chi connectivity index (χ3v) is 17.2. The minimum atomic E-state index is -0.537. The van der Waals surface area contributed by atoms with Crippen LogP contribution in [-0.4, -0.2) is 138 Å². The SMILES string of the molecule is C.C.C.C.COc1c(CN2CCCC2=O)ccc(O)c1-c1cccc([N+](=O)[O-])c1.COc1ccc(CN2CCCC2=O)c(O)c1-c1cccc([N+](=O)[O-])c1.COc1ccc(CN2CCCC2=O)c(OC)c1-c1cccc([N+](=O)[O-])c1.O=C1CCCN1Cc1ccc(O)c(-c2cccc([N+](=O)[O-])c2)c1O. The van der Waals surface area contributed by atoms with E-state index in [1.54, 1.807) is 107 Å². The van der Waals surface area contributed by atoms with Gasteiger partial charge in [0.25, 0.3) is 22.7 Å². The Hall–Kier alpha value is -12.4. The zero-order chi connectivity index (χ0) is 71.9. The number of nitro groups is 4. The molecule has 4 aliphatic rings. The number of hydrogen-bond acceptors (Lipinski definition) is 20. The average Bonchev–Trinajstić information content (AvgIpc) is 1.14. The maximum atomic E-state index is 12.0. The number of non-ortho nitro benzene ring substituents is 4. The van der Waals surface area contributed by atoms with Crippen molar-refractivity contribution in [1.82, 2.24) is 19.6 Å². The van der Waals surface area contributed by atoms with Crippen molar-refractivity contribution in [3.05, 3.63) is 208 Å². The van der Waals surface area contributed by atoms with Gasteiger partial charge in [0, 0.05) is 149 Å². The van der Waals surface area contributed by atoms with E-state index < -0.39 is 19.7 Å². The van der Waals surface area contributed by atoms with Crippen LogP contribution >= 0.6 is 0 Å². The maximum Gasteiger partial charge on any atom is 0.270 e. The molecule has 8 aromatic carbocycles. The highest BCUT2D eigenvalue weighted by Gasteiger charge is 2.29. The van der Waals surface area contributed by atoms with Gasteiger partial charge in [0.2, 0.25) is 23.6 Å². The van der Waals surface area contributed by atoms with Gasteiger partial charge in [-0.2, -0.15) is 0 Å². The molecule has 0 aliphatic carbocycles. The second kappa shape index (κ2) is 37.4. The number of benzene rings is 8. The lowest BCUT2D eigenvalue weighted by Gasteiger charge is -2.21. The largest absolute Gasteiger partial charge is 0.507 e. The van der Waals surface area contributed by atoms with E-state index in [2.05, 4.69) is 0 Å². The van der Waals surface area contributed by atoms with Crippen LogP contribution in [0.15, 0.2) is 146 Å². The first-order valence-electron chi connectivity index (χ1n) is 31.7. The van der Waals surface area contributed by atoms with Crippen LogP contribution in [0.5, 0.6) is 46.0 Å². The highest BCUT2D eigenvalue weighted by Crippen LogP contribution is 2.46. The summed E-state index contributed by atoms with van der Waals surface area (Å²) in [6, 6.07) is 37.3. The molecular weight excluding hydrogens is 1340 g/mol. The molecule has 552 valence electrons. The summed E-state index contributed by atoms with van der Waals surface area (Å²) in [5.41, 5.74) is 5.85. The van der Waals surface area contributed by atoms with E-state index in [9.17, 15) is 80.1 Å². The van der Waals surface area contributed by atoms with Crippen LogP contribution in [-0.2, 0) is 45.4 Å². The quantitative estimate of drug-likeness (QED) is 0.0407. The van der Waals surface area contributed by atoms with Gasteiger partial charge >= 0.3 is 0 Å². The number of aromatic hydroxyl groups is 4. The summed E-state index contributed by atoms with van der Waals surface area (Å²) in [5.74, 6) is 1.84. The summed E-state index contributed by atoms with van der Waals surface area (Å²) in [6.45, 7) is 4.07. The Bertz CT molecular complexity index is 4400. The molecule has 12 rings (SSSR count). The van der Waals surface area contributed by atoms with Crippen LogP contribution in [0.3, 0.4) is 0 Å². The molecule has 0 aromatic heterocycles. The third kappa shape index (κ3) is 19.2. The minimum Gasteiger partial charge on any atom is -0.507 e. The molecule has 0 atom stereocenters. The van der Waals surface area contributed by atoms with Crippen molar-refractivity contribution in [2.24, 2.45) is 0 Å². The molecule has 4 heterocycles. The first-order valence-corrected chi connectivity index (χ1v) is 31.7. The number of carbonyl (C=O) groups is 4. The molecule has 28 nitrogen and oxygen atoms in total. The number of phenols is 4. The molecule has 0 radical (unpaired) electrons. The lowest BCUT2D eigenvalue weighted by Crippen LogP contribution is -2.24. The van der Waals surface area contributed by atoms with Gasteiger partial charge in [-0.05, 0) is 96.5 Å². The lowest BCUT2D eigenvalue weighted by atomic mass is 9.99. The molecule has 4 saturated heterocycles. The molecule has 4 N–H and O–H groups in total. The van der Waals surface area contributed by atoms with Gasteiger partial charge in [-0.1, -0.05) is 78.2 Å². The summed E-state index contributed by atoms with van der Waals surface area (Å²) >= 11 is 0. The van der Waals surface area contributed by atoms with E-state index in [-0.39, 0.29) is 111 Å². The fourth-order valence-electron chi connectivity index (χ4n) is 12.3. The normalized spacial score (nSPS) is 13.4. The Morgan fingerprint density at radius 2 is 0.615 bits per heavy atom. The number of likely N-dealkylation sites (tertiary alicyclic amines) is 4. The third-order valence-electron chi connectivity index (χ3n) is 17.2. The Morgan fingerprint density at radius 3 is 0.942 bits per heavy atom. The molecular formula is C76H88N8O20. The molecule has 0 unspecified atom stereocenters. The Kier molecular flexibility index (Phi) is 29.6. The van der Waals surface area contributed by atoms with Gasteiger partial charge in [-0.3, -0.25) is 59.6 Å². The smallest absolute Gasteiger partial charge is 0.270 e. The van der Waals surface area contributed by atoms with E-state index in [1.165, 1.54) is 80.9 Å². The van der Waals surface area contributed by atoms with Crippen molar-refractivity contribution >= 4 is 46.4 Å². The number of nitrogens with zero attached hydrogens (tertiary/aromatic N) is 8. The average molecular weight is 1430 g/mol. The fourth-order valence-corrected chi connectivity index (χ4v) is 12.3. The van der Waals surface area contributed by atoms with Gasteiger partial charge in [0.05, 0.1) is 70.4 Å². The first-order chi connectivity index (χ1) is 48.0. The number of rotatable bonds is 20. The maximum absolute atomic E-state index is 12.0. The van der Waals surface area contributed by atoms with Crippen LogP contribution in [0.4, 0.5) is 22.7 Å². The molecule has 8 aromatic rings. The van der Waals surface area contributed by atoms with Crippen LogP contribution in [0, 0.1) is 40.5 Å². The summed E-state index contributed by atoms with van der Waals surface area (Å²) in [4.78, 5) is 96.4. The van der Waals surface area contributed by atoms with Crippen molar-refractivity contribution in [2.45, 2.75) is 107 Å². The van der Waals surface area contributed by atoms with Crippen LogP contribution in [0.2, 0.25) is 0 Å². The monoisotopic (exact) mass is 1430 g/mol. The number of amides is 4. The first kappa shape index (κ1) is 82.3. The predicted molar refractivity (Wildman–Crippen MR) is 393 cm³/mol. The molecule has 4 amide bonds. The Morgan fingerprint density at radius 1 is 0.346 bits per heavy atom. The topological polar surface area (TPSA) is 372 Å². The van der Waals surface area contributed by atoms with Gasteiger partial charge in [-0.25, -0.2) is 0 Å². The molecule has 28 heteroatoms. The van der Waals surface area contributed by atoms with E-state index in [0.717, 1.165) is 43.4 Å². The number of carbonyl (C=O) groups excluding carboxylic acids is 4. The molecule has 0 spiro atoms. The highest BCUT2D eigenvalue weighted by atomic mass is 16.6. The Balaban J connectivity index is 0.000000246. The van der Waals surface area contributed by atoms with Gasteiger partial charge in [0.15, 0.2) is 0 Å². The number of methoxy groups -OCH3 is 4. The number of phenolic OH excluding ortho intramolecular Hbond substituents is 4. The summed E-state index contributed by atoms with van der Waals surface area (Å²) in [7, 11) is 6.04. The highest BCUT2D eigenvalue weighted by molar-refractivity contribution is 5.85. The van der Waals surface area contributed by atoms with Crippen LogP contribution in [0.25, 0.3) is 44.5 Å². The number of hydrogen-bond donors (Lipinski definition) is 4. The van der Waals surface area contributed by atoms with Crippen molar-refractivity contribution in [3.63, 3.8) is 0 Å². The summed E-state index contributed by atoms with van der Waals surface area (Å²) < 4.78 is 21.9. The van der Waals surface area contributed by atoms with E-state index >= 15 is 0 Å². The molecule has 0 saturated carbocycles. The number of ether oxygens (including phenoxy) is 4. The molecule has 4 fully saturated rings. The molecule has 104 heavy (non-hydrogen) atoms. The second-order valence-electron chi connectivity index (χ2n) is 23.5. The van der Waals surface area contributed by atoms with Crippen LogP contribution < -0.4 is 18.9 Å². The van der Waals surface area contributed by atoms with E-state index in [0.29, 0.717) is 138 Å². The van der Waals surface area contributed by atoms with Crippen molar-refractivity contribution in [2.75, 3.05) is 54.6 Å². The van der Waals surface area contributed by atoms with E-state index in [4.69, 9.17) is 18.9 Å². The van der Waals surface area contributed by atoms with Gasteiger partial charge in [-0.15, -0.1) is 0 Å². The van der Waals surface area contributed by atoms with E-state index in [1.807, 2.05) is 6.07 Å².